The van der Waals surface area contributed by atoms with E-state index in [0.29, 0.717) is 29.4 Å². The third-order valence-corrected chi connectivity index (χ3v) is 6.95. The van der Waals surface area contributed by atoms with E-state index in [1.807, 2.05) is 61.2 Å². The topological polar surface area (TPSA) is 79.8 Å². The van der Waals surface area contributed by atoms with Crippen molar-refractivity contribution >= 4 is 29.0 Å². The lowest BCUT2D eigenvalue weighted by Gasteiger charge is -2.29. The van der Waals surface area contributed by atoms with Gasteiger partial charge in [0.05, 0.1) is 6.54 Å². The Balaban J connectivity index is 1.62. The van der Waals surface area contributed by atoms with Crippen LogP contribution in [0.5, 0.6) is 0 Å². The second-order valence-corrected chi connectivity index (χ2v) is 9.33. The summed E-state index contributed by atoms with van der Waals surface area (Å²) in [5, 5.41) is 0.409. The number of likely N-dealkylation sites (tertiary alicyclic amines) is 1. The van der Waals surface area contributed by atoms with Crippen LogP contribution in [0.2, 0.25) is 5.22 Å². The molecule has 3 aromatic rings. The van der Waals surface area contributed by atoms with Crippen LogP contribution in [0.4, 0.5) is 0 Å². The number of furan rings is 1. The highest BCUT2D eigenvalue weighted by molar-refractivity contribution is 6.28. The lowest BCUT2D eigenvalue weighted by molar-refractivity contribution is 0.0772. The van der Waals surface area contributed by atoms with Gasteiger partial charge in [0.1, 0.15) is 5.76 Å². The minimum atomic E-state index is -0.443. The summed E-state index contributed by atoms with van der Waals surface area (Å²) in [5.41, 5.74) is 11.2. The Kier molecular flexibility index (Phi) is 8.28. The molecule has 1 aliphatic heterocycles. The van der Waals surface area contributed by atoms with Gasteiger partial charge in [0, 0.05) is 37.3 Å². The average Bonchev–Trinajstić information content (AvgIpc) is 3.31. The Hall–Kier alpha value is -3.35. The molecular formula is C29H32ClN3O3. The fourth-order valence-corrected chi connectivity index (χ4v) is 4.90. The Morgan fingerprint density at radius 3 is 1.86 bits per heavy atom. The van der Waals surface area contributed by atoms with E-state index in [1.165, 1.54) is 5.57 Å². The quantitative estimate of drug-likeness (QED) is 0.431. The number of primary amides is 1. The van der Waals surface area contributed by atoms with E-state index in [2.05, 4.69) is 4.90 Å². The van der Waals surface area contributed by atoms with Crippen molar-refractivity contribution in [3.05, 3.63) is 99.5 Å². The number of hydrogen-bond acceptors (Lipinski definition) is 4. The van der Waals surface area contributed by atoms with Crippen molar-refractivity contribution in [3.8, 4) is 0 Å². The summed E-state index contributed by atoms with van der Waals surface area (Å²) in [7, 11) is 0. The predicted molar refractivity (Wildman–Crippen MR) is 143 cm³/mol. The number of nitrogens with zero attached hydrogens (tertiary/aromatic N) is 2. The molecule has 36 heavy (non-hydrogen) atoms. The van der Waals surface area contributed by atoms with Crippen molar-refractivity contribution < 1.29 is 14.0 Å². The number of nitrogens with two attached hydrogens (primary N) is 1. The Bertz CT molecular complexity index is 1230. The maximum atomic E-state index is 12.8. The third kappa shape index (κ3) is 5.89. The lowest BCUT2D eigenvalue weighted by atomic mass is 9.87. The summed E-state index contributed by atoms with van der Waals surface area (Å²) in [6.07, 6.45) is 1.81. The molecule has 1 saturated heterocycles. The van der Waals surface area contributed by atoms with Gasteiger partial charge in [-0.3, -0.25) is 14.5 Å². The molecule has 7 heteroatoms. The highest BCUT2D eigenvalue weighted by atomic mass is 35.5. The number of hydrogen-bond donors (Lipinski definition) is 1. The lowest BCUT2D eigenvalue weighted by Crippen LogP contribution is -2.30. The van der Waals surface area contributed by atoms with Crippen LogP contribution in [0.1, 0.15) is 64.3 Å². The Morgan fingerprint density at radius 1 is 0.861 bits per heavy atom. The van der Waals surface area contributed by atoms with Crippen LogP contribution in [0.15, 0.2) is 70.7 Å². The minimum absolute atomic E-state index is 0.0397. The van der Waals surface area contributed by atoms with Crippen LogP contribution in [-0.4, -0.2) is 47.8 Å². The third-order valence-electron chi connectivity index (χ3n) is 6.75. The number of carbonyl (C=O) groups is 2. The van der Waals surface area contributed by atoms with Gasteiger partial charge < -0.3 is 15.1 Å². The van der Waals surface area contributed by atoms with Crippen LogP contribution < -0.4 is 5.73 Å². The molecule has 1 aliphatic rings. The zero-order valence-corrected chi connectivity index (χ0v) is 21.6. The number of benzene rings is 2. The standard InChI is InChI=1S/C29H32ClN3O3/c1-3-33(4-2)29(35)24-11-7-21(8-12-24)27(20-5-9-23(10-6-20)28(31)34)22-15-17-32(18-16-22)19-25-13-14-26(30)36-25/h5-14H,3-4,15-19H2,1-2H3,(H2,31,34). The number of rotatable bonds is 8. The molecule has 1 aromatic heterocycles. The Labute approximate surface area is 217 Å². The molecule has 188 valence electrons. The normalized spacial score (nSPS) is 14.0. The van der Waals surface area contributed by atoms with Crippen molar-refractivity contribution in [2.75, 3.05) is 26.2 Å². The van der Waals surface area contributed by atoms with Crippen molar-refractivity contribution in [2.24, 2.45) is 5.73 Å². The van der Waals surface area contributed by atoms with Gasteiger partial charge in [0.15, 0.2) is 5.22 Å². The van der Waals surface area contributed by atoms with Gasteiger partial charge in [-0.15, -0.1) is 0 Å². The van der Waals surface area contributed by atoms with Gasteiger partial charge in [-0.2, -0.15) is 0 Å². The summed E-state index contributed by atoms with van der Waals surface area (Å²) < 4.78 is 5.54. The molecule has 2 amide bonds. The van der Waals surface area contributed by atoms with Gasteiger partial charge in [-0.25, -0.2) is 0 Å². The van der Waals surface area contributed by atoms with Crippen LogP contribution in [0.25, 0.3) is 5.57 Å². The van der Waals surface area contributed by atoms with Crippen LogP contribution in [-0.2, 0) is 6.54 Å². The summed E-state index contributed by atoms with van der Waals surface area (Å²) >= 11 is 5.93. The number of piperidine rings is 1. The summed E-state index contributed by atoms with van der Waals surface area (Å²) in [6.45, 7) is 7.86. The monoisotopic (exact) mass is 505 g/mol. The minimum Gasteiger partial charge on any atom is -0.448 e. The summed E-state index contributed by atoms with van der Waals surface area (Å²) in [6, 6.07) is 19.0. The maximum Gasteiger partial charge on any atom is 0.253 e. The number of halogens is 1. The Morgan fingerprint density at radius 2 is 1.39 bits per heavy atom. The van der Waals surface area contributed by atoms with Crippen molar-refractivity contribution in [2.45, 2.75) is 33.2 Å². The first-order valence-corrected chi connectivity index (χ1v) is 12.8. The first kappa shape index (κ1) is 25.7. The van der Waals surface area contributed by atoms with Crippen molar-refractivity contribution in [1.29, 1.82) is 0 Å². The first-order valence-electron chi connectivity index (χ1n) is 12.4. The van der Waals surface area contributed by atoms with Crippen molar-refractivity contribution in [3.63, 3.8) is 0 Å². The molecule has 0 radical (unpaired) electrons. The molecule has 4 rings (SSSR count). The average molecular weight is 506 g/mol. The first-order chi connectivity index (χ1) is 17.4. The second kappa shape index (κ2) is 11.6. The molecule has 0 aliphatic carbocycles. The molecule has 0 atom stereocenters. The predicted octanol–water partition coefficient (Wildman–Crippen LogP) is 5.61. The van der Waals surface area contributed by atoms with Crippen LogP contribution in [0, 0.1) is 0 Å². The number of carbonyl (C=O) groups excluding carboxylic acids is 2. The van der Waals surface area contributed by atoms with Gasteiger partial charge in [0.25, 0.3) is 5.91 Å². The van der Waals surface area contributed by atoms with Crippen LogP contribution in [0.3, 0.4) is 0 Å². The highest BCUT2D eigenvalue weighted by Crippen LogP contribution is 2.33. The molecule has 0 unspecified atom stereocenters. The SMILES string of the molecule is CCN(CC)C(=O)c1ccc(C(=C2CCN(Cc3ccc(Cl)o3)CC2)c2ccc(C(N)=O)cc2)cc1. The fraction of sp³-hybridized carbons (Fsp3) is 0.310. The second-order valence-electron chi connectivity index (χ2n) is 8.96. The molecule has 2 heterocycles. The van der Waals surface area contributed by atoms with E-state index in [4.69, 9.17) is 21.8 Å². The molecule has 1 fully saturated rings. The molecule has 2 aromatic carbocycles. The van der Waals surface area contributed by atoms with Gasteiger partial charge in [-0.1, -0.05) is 29.8 Å². The summed E-state index contributed by atoms with van der Waals surface area (Å²) in [5.74, 6) is 0.461. The maximum absolute atomic E-state index is 12.8. The highest BCUT2D eigenvalue weighted by Gasteiger charge is 2.21. The zero-order valence-electron chi connectivity index (χ0n) is 20.8. The van der Waals surface area contributed by atoms with E-state index in [0.717, 1.165) is 54.9 Å². The van der Waals surface area contributed by atoms with Crippen LogP contribution >= 0.6 is 11.6 Å². The van der Waals surface area contributed by atoms with E-state index >= 15 is 0 Å². The van der Waals surface area contributed by atoms with Gasteiger partial charge in [-0.05, 0) is 91.4 Å². The molecule has 0 spiro atoms. The molecule has 0 saturated carbocycles. The molecular weight excluding hydrogens is 474 g/mol. The molecule has 2 N–H and O–H groups in total. The van der Waals surface area contributed by atoms with Gasteiger partial charge >= 0.3 is 0 Å². The van der Waals surface area contributed by atoms with E-state index < -0.39 is 5.91 Å². The van der Waals surface area contributed by atoms with E-state index in [-0.39, 0.29) is 5.91 Å². The van der Waals surface area contributed by atoms with Gasteiger partial charge in [0.2, 0.25) is 5.91 Å². The fourth-order valence-electron chi connectivity index (χ4n) is 4.74. The zero-order chi connectivity index (χ0) is 25.7. The van der Waals surface area contributed by atoms with E-state index in [1.54, 1.807) is 18.2 Å². The summed E-state index contributed by atoms with van der Waals surface area (Å²) in [4.78, 5) is 28.6. The van der Waals surface area contributed by atoms with Crippen molar-refractivity contribution in [1.82, 2.24) is 9.80 Å². The largest absolute Gasteiger partial charge is 0.448 e. The smallest absolute Gasteiger partial charge is 0.253 e. The molecule has 6 nitrogen and oxygen atoms in total. The molecule has 0 bridgehead atoms. The number of amides is 2. The van der Waals surface area contributed by atoms with E-state index in [9.17, 15) is 9.59 Å².